The first-order valence-corrected chi connectivity index (χ1v) is 5.93. The lowest BCUT2D eigenvalue weighted by atomic mass is 10.0. The predicted molar refractivity (Wildman–Crippen MR) is 68.8 cm³/mol. The van der Waals surface area contributed by atoms with Gasteiger partial charge >= 0.3 is 0 Å². The molecule has 0 fully saturated rings. The lowest BCUT2D eigenvalue weighted by Gasteiger charge is -2.24. The zero-order chi connectivity index (χ0) is 14.6. The molecule has 0 saturated carbocycles. The van der Waals surface area contributed by atoms with Crippen LogP contribution in [0.15, 0.2) is 12.1 Å². The van der Waals surface area contributed by atoms with E-state index in [0.717, 1.165) is 18.6 Å². The number of ether oxygens (including phenoxy) is 1. The molecule has 1 aromatic rings. The first kappa shape index (κ1) is 15.2. The molecule has 0 atom stereocenters. The Labute approximate surface area is 110 Å². The Bertz CT molecular complexity index is 476. The molecule has 19 heavy (non-hydrogen) atoms. The Hall–Kier alpha value is -1.85. The van der Waals surface area contributed by atoms with Gasteiger partial charge in [0.05, 0.1) is 5.69 Å². The number of halogens is 2. The summed E-state index contributed by atoms with van der Waals surface area (Å²) in [6, 6.07) is 1.64. The molecule has 1 rings (SSSR count). The zero-order valence-electron chi connectivity index (χ0n) is 11.2. The molecule has 1 amide bonds. The van der Waals surface area contributed by atoms with Crippen LogP contribution in [0.4, 0.5) is 14.5 Å². The van der Waals surface area contributed by atoms with E-state index < -0.39 is 17.5 Å². The number of nitrogens with one attached hydrogen (secondary N) is 1. The van der Waals surface area contributed by atoms with Crippen molar-refractivity contribution in [1.29, 1.82) is 0 Å². The molecule has 0 spiro atoms. The Balaban J connectivity index is 2.63. The van der Waals surface area contributed by atoms with Crippen LogP contribution >= 0.6 is 0 Å². The lowest BCUT2D eigenvalue weighted by Crippen LogP contribution is -2.44. The maximum atomic E-state index is 13.4. The molecule has 0 aliphatic heterocycles. The van der Waals surface area contributed by atoms with Crippen molar-refractivity contribution in [1.82, 2.24) is 5.32 Å². The average molecular weight is 272 g/mol. The van der Waals surface area contributed by atoms with E-state index in [0.29, 0.717) is 0 Å². The highest BCUT2D eigenvalue weighted by atomic mass is 19.1. The summed E-state index contributed by atoms with van der Waals surface area (Å²) in [5.41, 5.74) is 4.52. The molecule has 1 aromatic carbocycles. The first-order chi connectivity index (χ1) is 8.75. The second-order valence-electron chi connectivity index (χ2n) is 4.88. The highest BCUT2D eigenvalue weighted by molar-refractivity contribution is 5.78. The molecule has 0 aromatic heterocycles. The van der Waals surface area contributed by atoms with Crippen molar-refractivity contribution < 1.29 is 18.3 Å². The lowest BCUT2D eigenvalue weighted by molar-refractivity contribution is -0.124. The summed E-state index contributed by atoms with van der Waals surface area (Å²) >= 11 is 0. The van der Waals surface area contributed by atoms with Crippen LogP contribution in [0.25, 0.3) is 0 Å². The quantitative estimate of drug-likeness (QED) is 0.808. The van der Waals surface area contributed by atoms with Crippen molar-refractivity contribution in [2.24, 2.45) is 0 Å². The maximum absolute atomic E-state index is 13.4. The van der Waals surface area contributed by atoms with E-state index in [4.69, 9.17) is 10.5 Å². The number of rotatable bonds is 5. The summed E-state index contributed by atoms with van der Waals surface area (Å²) in [4.78, 5) is 11.6. The molecule has 4 nitrogen and oxygen atoms in total. The van der Waals surface area contributed by atoms with E-state index in [9.17, 15) is 13.6 Å². The molecule has 0 heterocycles. The van der Waals surface area contributed by atoms with Crippen LogP contribution in [0.2, 0.25) is 0 Å². The fraction of sp³-hybridized carbons (Fsp3) is 0.462. The normalized spacial score (nSPS) is 11.2. The van der Waals surface area contributed by atoms with Gasteiger partial charge in [0.2, 0.25) is 0 Å². The Morgan fingerprint density at radius 1 is 1.37 bits per heavy atom. The van der Waals surface area contributed by atoms with Gasteiger partial charge in [-0.05, 0) is 20.3 Å². The van der Waals surface area contributed by atoms with E-state index in [1.165, 1.54) is 0 Å². The van der Waals surface area contributed by atoms with Crippen LogP contribution in [0.1, 0.15) is 27.2 Å². The van der Waals surface area contributed by atoms with Crippen LogP contribution in [-0.4, -0.2) is 18.1 Å². The Morgan fingerprint density at radius 2 is 2.00 bits per heavy atom. The molecular formula is C13H18F2N2O2. The van der Waals surface area contributed by atoms with Crippen LogP contribution < -0.4 is 15.8 Å². The summed E-state index contributed by atoms with van der Waals surface area (Å²) in [7, 11) is 0. The zero-order valence-corrected chi connectivity index (χ0v) is 11.2. The summed E-state index contributed by atoms with van der Waals surface area (Å²) in [6.45, 7) is 5.25. The van der Waals surface area contributed by atoms with Gasteiger partial charge in [0.25, 0.3) is 5.91 Å². The number of nitrogen functional groups attached to an aromatic ring is 1. The van der Waals surface area contributed by atoms with Crippen molar-refractivity contribution in [2.45, 2.75) is 32.7 Å². The molecule has 0 saturated heterocycles. The number of benzene rings is 1. The molecule has 0 unspecified atom stereocenters. The number of carbonyl (C=O) groups excluding carboxylic acids is 1. The van der Waals surface area contributed by atoms with E-state index in [-0.39, 0.29) is 23.6 Å². The monoisotopic (exact) mass is 272 g/mol. The predicted octanol–water partition coefficient (Wildman–Crippen LogP) is 2.23. The van der Waals surface area contributed by atoms with Gasteiger partial charge in [-0.25, -0.2) is 8.78 Å². The number of amides is 1. The van der Waals surface area contributed by atoms with Crippen LogP contribution in [-0.2, 0) is 4.79 Å². The molecule has 0 bridgehead atoms. The fourth-order valence-corrected chi connectivity index (χ4v) is 1.30. The number of nitrogens with two attached hydrogens (primary N) is 1. The standard InChI is InChI=1S/C13H18F2N2O2/c1-4-13(2,3)17-12(18)7-19-11-6-8(14)10(16)5-9(11)15/h5-6H,4,7,16H2,1-3H3,(H,17,18). The third-order valence-corrected chi connectivity index (χ3v) is 2.77. The topological polar surface area (TPSA) is 64.3 Å². The summed E-state index contributed by atoms with van der Waals surface area (Å²) < 4.78 is 31.5. The second-order valence-corrected chi connectivity index (χ2v) is 4.88. The van der Waals surface area contributed by atoms with Gasteiger partial charge in [0, 0.05) is 17.7 Å². The smallest absolute Gasteiger partial charge is 0.258 e. The largest absolute Gasteiger partial charge is 0.481 e. The van der Waals surface area contributed by atoms with E-state index >= 15 is 0 Å². The molecule has 106 valence electrons. The number of anilines is 1. The minimum Gasteiger partial charge on any atom is -0.481 e. The SMILES string of the molecule is CCC(C)(C)NC(=O)COc1cc(F)c(N)cc1F. The third-order valence-electron chi connectivity index (χ3n) is 2.77. The molecule has 3 N–H and O–H groups in total. The summed E-state index contributed by atoms with van der Waals surface area (Å²) in [5.74, 6) is -2.33. The maximum Gasteiger partial charge on any atom is 0.258 e. The van der Waals surface area contributed by atoms with Gasteiger partial charge in [-0.15, -0.1) is 0 Å². The highest BCUT2D eigenvalue weighted by Crippen LogP contribution is 2.22. The van der Waals surface area contributed by atoms with E-state index in [2.05, 4.69) is 5.32 Å². The first-order valence-electron chi connectivity index (χ1n) is 5.93. The number of hydrogen-bond acceptors (Lipinski definition) is 3. The summed E-state index contributed by atoms with van der Waals surface area (Å²) in [5, 5.41) is 2.72. The minimum atomic E-state index is -0.804. The van der Waals surface area contributed by atoms with Crippen molar-refractivity contribution in [3.63, 3.8) is 0 Å². The number of hydrogen-bond donors (Lipinski definition) is 2. The van der Waals surface area contributed by atoms with Gasteiger partial charge in [-0.3, -0.25) is 4.79 Å². The van der Waals surface area contributed by atoms with Crippen molar-refractivity contribution >= 4 is 11.6 Å². The van der Waals surface area contributed by atoms with Gasteiger partial charge in [0.1, 0.15) is 5.82 Å². The van der Waals surface area contributed by atoms with Gasteiger partial charge in [0.15, 0.2) is 18.2 Å². The molecule has 0 radical (unpaired) electrons. The third kappa shape index (κ3) is 4.39. The molecule has 6 heteroatoms. The van der Waals surface area contributed by atoms with Crippen molar-refractivity contribution in [2.75, 3.05) is 12.3 Å². The van der Waals surface area contributed by atoms with Gasteiger partial charge in [-0.1, -0.05) is 6.92 Å². The van der Waals surface area contributed by atoms with Crippen LogP contribution in [0.3, 0.4) is 0 Å². The Kier molecular flexibility index (Phi) is 4.69. The van der Waals surface area contributed by atoms with E-state index in [1.54, 1.807) is 0 Å². The van der Waals surface area contributed by atoms with Crippen LogP contribution in [0.5, 0.6) is 5.75 Å². The van der Waals surface area contributed by atoms with Crippen molar-refractivity contribution in [3.05, 3.63) is 23.8 Å². The average Bonchev–Trinajstić information content (AvgIpc) is 2.31. The highest BCUT2D eigenvalue weighted by Gasteiger charge is 2.18. The summed E-state index contributed by atoms with van der Waals surface area (Å²) in [6.07, 6.45) is 0.740. The molecular weight excluding hydrogens is 254 g/mol. The van der Waals surface area contributed by atoms with E-state index in [1.807, 2.05) is 20.8 Å². The van der Waals surface area contributed by atoms with Crippen LogP contribution in [0, 0.1) is 11.6 Å². The fourth-order valence-electron chi connectivity index (χ4n) is 1.30. The minimum absolute atomic E-state index is 0.304. The molecule has 0 aliphatic carbocycles. The second kappa shape index (κ2) is 5.86. The molecule has 0 aliphatic rings. The van der Waals surface area contributed by atoms with Gasteiger partial charge in [-0.2, -0.15) is 0 Å². The van der Waals surface area contributed by atoms with Gasteiger partial charge < -0.3 is 15.8 Å². The number of carbonyl (C=O) groups is 1. The Morgan fingerprint density at radius 3 is 2.58 bits per heavy atom. The van der Waals surface area contributed by atoms with Crippen molar-refractivity contribution in [3.8, 4) is 5.75 Å².